The Bertz CT molecular complexity index is 1060. The van der Waals surface area contributed by atoms with Crippen molar-refractivity contribution >= 4 is 11.8 Å². The molecule has 0 amide bonds. The van der Waals surface area contributed by atoms with Crippen molar-refractivity contribution in [3.05, 3.63) is 52.6 Å². The molecule has 5 nitrogen and oxygen atoms in total. The van der Waals surface area contributed by atoms with E-state index >= 15 is 0 Å². The molecule has 0 radical (unpaired) electrons. The molecule has 2 fully saturated rings. The molecule has 0 aromatic heterocycles. The summed E-state index contributed by atoms with van der Waals surface area (Å²) >= 11 is 0. The van der Waals surface area contributed by atoms with Crippen molar-refractivity contribution in [1.82, 2.24) is 0 Å². The highest BCUT2D eigenvalue weighted by atomic mass is 16.6. The predicted molar refractivity (Wildman–Crippen MR) is 132 cm³/mol. The summed E-state index contributed by atoms with van der Waals surface area (Å²) in [5.74, 6) is 0.759. The third kappa shape index (κ3) is 4.90. The van der Waals surface area contributed by atoms with Crippen LogP contribution in [0.15, 0.2) is 30.3 Å². The molecule has 1 heterocycles. The molecule has 4 rings (SSSR count). The van der Waals surface area contributed by atoms with E-state index < -0.39 is 5.41 Å². The van der Waals surface area contributed by atoms with Gasteiger partial charge in [-0.2, -0.15) is 0 Å². The summed E-state index contributed by atoms with van der Waals surface area (Å²) < 4.78 is 17.8. The van der Waals surface area contributed by atoms with E-state index in [-0.39, 0.29) is 17.9 Å². The molecule has 0 spiro atoms. The van der Waals surface area contributed by atoms with Crippen molar-refractivity contribution in [3.8, 4) is 16.9 Å². The van der Waals surface area contributed by atoms with Crippen molar-refractivity contribution in [2.24, 2.45) is 5.41 Å². The Morgan fingerprint density at radius 1 is 1.09 bits per heavy atom. The molecule has 0 unspecified atom stereocenters. The number of ketones is 1. The summed E-state index contributed by atoms with van der Waals surface area (Å²) in [5, 5.41) is 0. The molecule has 0 atom stereocenters. The highest BCUT2D eigenvalue weighted by molar-refractivity contribution is 5.96. The minimum absolute atomic E-state index is 0.0535. The van der Waals surface area contributed by atoms with Crippen LogP contribution in [0.5, 0.6) is 5.75 Å². The standard InChI is InChI=1S/C29H36O5/c1-5-22-17-23(8-10-25(22)21(4)30)26-9-7-19(2)20(3)27(26)33-18-29(13-6-14-29)28(31)34-24-11-15-32-16-12-24/h7-10,17,24H,5-6,11-16,18H2,1-4H3. The van der Waals surface area contributed by atoms with Gasteiger partial charge in [0, 0.05) is 24.0 Å². The van der Waals surface area contributed by atoms with Crippen molar-refractivity contribution in [1.29, 1.82) is 0 Å². The quantitative estimate of drug-likeness (QED) is 0.354. The Hall–Kier alpha value is -2.66. The SMILES string of the molecule is CCc1cc(-c2ccc(C)c(C)c2OCC2(C(=O)OC3CCOCC3)CCC2)ccc1C(C)=O. The molecule has 2 aliphatic rings. The molecule has 1 aliphatic heterocycles. The summed E-state index contributed by atoms with van der Waals surface area (Å²) in [6, 6.07) is 10.2. The van der Waals surface area contributed by atoms with E-state index in [2.05, 4.69) is 39.0 Å². The number of aryl methyl sites for hydroxylation is 2. The zero-order valence-electron chi connectivity index (χ0n) is 20.9. The number of benzene rings is 2. The fourth-order valence-electron chi connectivity index (χ4n) is 4.89. The van der Waals surface area contributed by atoms with Crippen LogP contribution in [-0.2, 0) is 20.7 Å². The lowest BCUT2D eigenvalue weighted by molar-refractivity contribution is -0.174. The maximum Gasteiger partial charge on any atom is 0.315 e. The Labute approximate surface area is 202 Å². The number of rotatable bonds is 8. The maximum atomic E-state index is 13.2. The predicted octanol–water partition coefficient (Wildman–Crippen LogP) is 6.01. The van der Waals surface area contributed by atoms with Crippen molar-refractivity contribution in [2.75, 3.05) is 19.8 Å². The van der Waals surface area contributed by atoms with Crippen LogP contribution in [0, 0.1) is 19.3 Å². The van der Waals surface area contributed by atoms with Gasteiger partial charge in [-0.3, -0.25) is 9.59 Å². The van der Waals surface area contributed by atoms with E-state index in [1.54, 1.807) is 6.92 Å². The number of ether oxygens (including phenoxy) is 3. The van der Waals surface area contributed by atoms with Gasteiger partial charge in [0.15, 0.2) is 5.78 Å². The molecule has 1 saturated carbocycles. The number of carbonyl (C=O) groups excluding carboxylic acids is 2. The lowest BCUT2D eigenvalue weighted by Crippen LogP contribution is -2.46. The topological polar surface area (TPSA) is 61.8 Å². The van der Waals surface area contributed by atoms with E-state index in [9.17, 15) is 9.59 Å². The second-order valence-electron chi connectivity index (χ2n) is 9.81. The van der Waals surface area contributed by atoms with Crippen LogP contribution in [0.2, 0.25) is 0 Å². The molecule has 182 valence electrons. The fraction of sp³-hybridized carbons (Fsp3) is 0.517. The first-order chi connectivity index (χ1) is 16.3. The lowest BCUT2D eigenvalue weighted by Gasteiger charge is -2.40. The molecular weight excluding hydrogens is 428 g/mol. The smallest absolute Gasteiger partial charge is 0.315 e. The zero-order valence-corrected chi connectivity index (χ0v) is 20.9. The van der Waals surface area contributed by atoms with Gasteiger partial charge >= 0.3 is 5.97 Å². The van der Waals surface area contributed by atoms with Gasteiger partial charge in [0.05, 0.1) is 13.2 Å². The highest BCUT2D eigenvalue weighted by Crippen LogP contribution is 2.44. The summed E-state index contributed by atoms with van der Waals surface area (Å²) in [6.45, 7) is 9.42. The molecule has 0 bridgehead atoms. The molecule has 34 heavy (non-hydrogen) atoms. The molecule has 2 aromatic rings. The molecule has 0 N–H and O–H groups in total. The van der Waals surface area contributed by atoms with E-state index in [1.807, 2.05) is 12.1 Å². The Morgan fingerprint density at radius 2 is 1.82 bits per heavy atom. The van der Waals surface area contributed by atoms with Gasteiger partial charge in [-0.05, 0) is 62.3 Å². The average molecular weight is 465 g/mol. The van der Waals surface area contributed by atoms with Gasteiger partial charge in [0.25, 0.3) is 0 Å². The summed E-state index contributed by atoms with van der Waals surface area (Å²) in [4.78, 5) is 25.2. The Kier molecular flexibility index (Phi) is 7.42. The maximum absolute atomic E-state index is 13.2. The normalized spacial score (nSPS) is 17.6. The second-order valence-corrected chi connectivity index (χ2v) is 9.81. The van der Waals surface area contributed by atoms with Gasteiger partial charge in [-0.15, -0.1) is 0 Å². The van der Waals surface area contributed by atoms with Crippen molar-refractivity contribution in [3.63, 3.8) is 0 Å². The van der Waals surface area contributed by atoms with E-state index in [4.69, 9.17) is 14.2 Å². The summed E-state index contributed by atoms with van der Waals surface area (Å²) in [7, 11) is 0. The summed E-state index contributed by atoms with van der Waals surface area (Å²) in [5.41, 5.74) is 5.44. The van der Waals surface area contributed by atoms with E-state index in [0.29, 0.717) is 19.8 Å². The number of hydrogen-bond donors (Lipinski definition) is 0. The van der Waals surface area contributed by atoms with Gasteiger partial charge in [0.2, 0.25) is 0 Å². The van der Waals surface area contributed by atoms with E-state index in [1.165, 1.54) is 0 Å². The third-order valence-corrected chi connectivity index (χ3v) is 7.53. The van der Waals surface area contributed by atoms with Crippen LogP contribution in [0.3, 0.4) is 0 Å². The van der Waals surface area contributed by atoms with Gasteiger partial charge < -0.3 is 14.2 Å². The first kappa shape index (κ1) is 24.5. The van der Waals surface area contributed by atoms with E-state index in [0.717, 1.165) is 77.7 Å². The fourth-order valence-corrected chi connectivity index (χ4v) is 4.89. The first-order valence-electron chi connectivity index (χ1n) is 12.5. The Morgan fingerprint density at radius 3 is 2.44 bits per heavy atom. The summed E-state index contributed by atoms with van der Waals surface area (Å²) in [6.07, 6.45) is 4.86. The highest BCUT2D eigenvalue weighted by Gasteiger charge is 2.47. The van der Waals surface area contributed by atoms with Crippen LogP contribution in [0.4, 0.5) is 0 Å². The third-order valence-electron chi connectivity index (χ3n) is 7.53. The monoisotopic (exact) mass is 464 g/mol. The number of carbonyl (C=O) groups is 2. The Balaban J connectivity index is 1.59. The zero-order chi connectivity index (χ0) is 24.3. The lowest BCUT2D eigenvalue weighted by atomic mass is 9.69. The number of Topliss-reactive ketones (excluding diaryl/α,β-unsaturated/α-hetero) is 1. The van der Waals surface area contributed by atoms with Gasteiger partial charge in [-0.1, -0.05) is 43.7 Å². The first-order valence-corrected chi connectivity index (χ1v) is 12.5. The van der Waals surface area contributed by atoms with Crippen LogP contribution >= 0.6 is 0 Å². The molecular formula is C29H36O5. The van der Waals surface area contributed by atoms with Gasteiger partial charge in [0.1, 0.15) is 23.9 Å². The van der Waals surface area contributed by atoms with Crippen LogP contribution in [0.25, 0.3) is 11.1 Å². The molecule has 1 aliphatic carbocycles. The van der Waals surface area contributed by atoms with Crippen LogP contribution < -0.4 is 4.74 Å². The largest absolute Gasteiger partial charge is 0.491 e. The van der Waals surface area contributed by atoms with Crippen LogP contribution in [-0.4, -0.2) is 37.7 Å². The number of esters is 1. The molecule has 1 saturated heterocycles. The number of hydrogen-bond acceptors (Lipinski definition) is 5. The van der Waals surface area contributed by atoms with Crippen molar-refractivity contribution in [2.45, 2.75) is 72.3 Å². The minimum Gasteiger partial charge on any atom is -0.491 e. The molecule has 2 aromatic carbocycles. The van der Waals surface area contributed by atoms with Crippen molar-refractivity contribution < 1.29 is 23.8 Å². The molecule has 5 heteroatoms. The van der Waals surface area contributed by atoms with Crippen LogP contribution in [0.1, 0.15) is 73.0 Å². The second kappa shape index (κ2) is 10.3. The average Bonchev–Trinajstić information content (AvgIpc) is 2.81. The van der Waals surface area contributed by atoms with Gasteiger partial charge in [-0.25, -0.2) is 0 Å². The minimum atomic E-state index is -0.571.